The fourth-order valence-corrected chi connectivity index (χ4v) is 3.08. The number of anilines is 1. The van der Waals surface area contributed by atoms with Crippen molar-refractivity contribution in [3.8, 4) is 5.75 Å². The van der Waals surface area contributed by atoms with Crippen molar-refractivity contribution >= 4 is 17.5 Å². The zero-order valence-electron chi connectivity index (χ0n) is 15.0. The zero-order valence-corrected chi connectivity index (χ0v) is 15.0. The van der Waals surface area contributed by atoms with E-state index in [0.29, 0.717) is 24.5 Å². The van der Waals surface area contributed by atoms with E-state index in [0.717, 1.165) is 5.69 Å². The van der Waals surface area contributed by atoms with Crippen LogP contribution < -0.4 is 15.2 Å². The normalized spacial score (nSPS) is 17.3. The molecule has 7 nitrogen and oxygen atoms in total. The first-order chi connectivity index (χ1) is 12.4. The van der Waals surface area contributed by atoms with Crippen LogP contribution in [0.3, 0.4) is 0 Å². The topological polar surface area (TPSA) is 82.7 Å². The number of pyridine rings is 1. The minimum absolute atomic E-state index is 0.0464. The molecular weight excluding hydrogens is 334 g/mol. The van der Waals surface area contributed by atoms with Gasteiger partial charge in [-0.25, -0.2) is 0 Å². The predicted molar refractivity (Wildman–Crippen MR) is 97.6 cm³/mol. The molecule has 1 aromatic heterocycles. The number of rotatable bonds is 3. The van der Waals surface area contributed by atoms with Gasteiger partial charge in [0.05, 0.1) is 7.11 Å². The van der Waals surface area contributed by atoms with Crippen molar-refractivity contribution in [1.29, 1.82) is 0 Å². The summed E-state index contributed by atoms with van der Waals surface area (Å²) in [6, 6.07) is 9.75. The third-order valence-electron chi connectivity index (χ3n) is 4.57. The molecular formula is C19H21N3O4. The van der Waals surface area contributed by atoms with Crippen molar-refractivity contribution in [2.24, 2.45) is 0 Å². The van der Waals surface area contributed by atoms with Crippen molar-refractivity contribution in [1.82, 2.24) is 9.88 Å². The van der Waals surface area contributed by atoms with E-state index >= 15 is 0 Å². The van der Waals surface area contributed by atoms with Gasteiger partial charge in [-0.2, -0.15) is 0 Å². The van der Waals surface area contributed by atoms with E-state index < -0.39 is 17.5 Å². The second kappa shape index (κ2) is 7.03. The van der Waals surface area contributed by atoms with Gasteiger partial charge in [0.2, 0.25) is 5.91 Å². The van der Waals surface area contributed by atoms with E-state index in [1.54, 1.807) is 44.1 Å². The summed E-state index contributed by atoms with van der Waals surface area (Å²) in [5.74, 6) is 0.0337. The molecule has 136 valence electrons. The molecule has 1 aliphatic heterocycles. The Balaban J connectivity index is 1.83. The third-order valence-corrected chi connectivity index (χ3v) is 4.57. The SMILES string of the molecule is COc1cccc(N2CCN(C(=O)c3ccc(C)[nH]c3=O)C(C)C2=O)c1. The van der Waals surface area contributed by atoms with Gasteiger partial charge in [0, 0.05) is 30.5 Å². The van der Waals surface area contributed by atoms with Gasteiger partial charge in [0.15, 0.2) is 0 Å². The van der Waals surface area contributed by atoms with Crippen molar-refractivity contribution < 1.29 is 14.3 Å². The number of aromatic amines is 1. The van der Waals surface area contributed by atoms with E-state index in [-0.39, 0.29) is 11.5 Å². The standard InChI is InChI=1S/C19H21N3O4/c1-12-7-8-16(17(23)20-12)19(25)21-9-10-22(18(24)13(21)2)14-5-4-6-15(11-14)26-3/h4-8,11,13H,9-10H2,1-3H3,(H,20,23). The lowest BCUT2D eigenvalue weighted by Crippen LogP contribution is -2.58. The van der Waals surface area contributed by atoms with Crippen LogP contribution in [0.25, 0.3) is 0 Å². The van der Waals surface area contributed by atoms with Gasteiger partial charge in [0.25, 0.3) is 11.5 Å². The van der Waals surface area contributed by atoms with Crippen molar-refractivity contribution in [2.45, 2.75) is 19.9 Å². The molecule has 1 aromatic carbocycles. The number of benzene rings is 1. The van der Waals surface area contributed by atoms with Crippen LogP contribution in [0, 0.1) is 6.92 Å². The number of methoxy groups -OCH3 is 1. The lowest BCUT2D eigenvalue weighted by atomic mass is 10.1. The maximum atomic E-state index is 12.8. The first kappa shape index (κ1) is 17.7. The Morgan fingerprint density at radius 3 is 2.65 bits per heavy atom. The number of aryl methyl sites for hydroxylation is 1. The highest BCUT2D eigenvalue weighted by atomic mass is 16.5. The Morgan fingerprint density at radius 2 is 1.96 bits per heavy atom. The van der Waals surface area contributed by atoms with Crippen molar-refractivity contribution in [3.05, 3.63) is 58.0 Å². The molecule has 1 unspecified atom stereocenters. The summed E-state index contributed by atoms with van der Waals surface area (Å²) in [6.07, 6.45) is 0. The lowest BCUT2D eigenvalue weighted by molar-refractivity contribution is -0.124. The minimum Gasteiger partial charge on any atom is -0.497 e. The number of hydrogen-bond donors (Lipinski definition) is 1. The first-order valence-electron chi connectivity index (χ1n) is 8.38. The molecule has 7 heteroatoms. The number of aromatic nitrogens is 1. The number of nitrogens with zero attached hydrogens (tertiary/aromatic N) is 2. The second-order valence-corrected chi connectivity index (χ2v) is 6.25. The molecule has 0 spiro atoms. The number of piperazine rings is 1. The van der Waals surface area contributed by atoms with Crippen LogP contribution in [0.15, 0.2) is 41.2 Å². The molecule has 0 bridgehead atoms. The monoisotopic (exact) mass is 355 g/mol. The number of H-pyrrole nitrogens is 1. The van der Waals surface area contributed by atoms with Crippen molar-refractivity contribution in [2.75, 3.05) is 25.1 Å². The van der Waals surface area contributed by atoms with Crippen LogP contribution in [0.1, 0.15) is 23.0 Å². The highest BCUT2D eigenvalue weighted by molar-refractivity contribution is 6.03. The van der Waals surface area contributed by atoms with Crippen molar-refractivity contribution in [3.63, 3.8) is 0 Å². The highest BCUT2D eigenvalue weighted by Gasteiger charge is 2.36. The maximum absolute atomic E-state index is 12.8. The predicted octanol–water partition coefficient (Wildman–Crippen LogP) is 1.57. The Kier molecular flexibility index (Phi) is 4.79. The number of ether oxygens (including phenoxy) is 1. The van der Waals surface area contributed by atoms with Gasteiger partial charge in [-0.1, -0.05) is 6.07 Å². The van der Waals surface area contributed by atoms with E-state index in [4.69, 9.17) is 4.74 Å². The molecule has 0 aliphatic carbocycles. The van der Waals surface area contributed by atoms with E-state index in [2.05, 4.69) is 4.98 Å². The summed E-state index contributed by atoms with van der Waals surface area (Å²) in [5, 5.41) is 0. The summed E-state index contributed by atoms with van der Waals surface area (Å²) in [7, 11) is 1.57. The number of hydrogen-bond acceptors (Lipinski definition) is 4. The van der Waals surface area contributed by atoms with Crippen LogP contribution in [0.5, 0.6) is 5.75 Å². The molecule has 2 heterocycles. The second-order valence-electron chi connectivity index (χ2n) is 6.25. The van der Waals surface area contributed by atoms with Gasteiger partial charge in [-0.05, 0) is 38.1 Å². The fraction of sp³-hybridized carbons (Fsp3) is 0.316. The molecule has 26 heavy (non-hydrogen) atoms. The zero-order chi connectivity index (χ0) is 18.8. The molecule has 0 radical (unpaired) electrons. The summed E-state index contributed by atoms with van der Waals surface area (Å²) in [4.78, 5) is 43.3. The van der Waals surface area contributed by atoms with Crippen LogP contribution in [0.4, 0.5) is 5.69 Å². The molecule has 2 amide bonds. The Morgan fingerprint density at radius 1 is 1.19 bits per heavy atom. The van der Waals surface area contributed by atoms with Gasteiger partial charge >= 0.3 is 0 Å². The third kappa shape index (κ3) is 3.20. The number of nitrogens with one attached hydrogen (secondary N) is 1. The van der Waals surface area contributed by atoms with Gasteiger partial charge in [-0.3, -0.25) is 14.4 Å². The van der Waals surface area contributed by atoms with E-state index in [9.17, 15) is 14.4 Å². The van der Waals surface area contributed by atoms with Crippen LogP contribution in [-0.4, -0.2) is 47.9 Å². The summed E-state index contributed by atoms with van der Waals surface area (Å²) >= 11 is 0. The van der Waals surface area contributed by atoms with Crippen LogP contribution >= 0.6 is 0 Å². The molecule has 1 atom stereocenters. The molecule has 3 rings (SSSR count). The number of carbonyl (C=O) groups is 2. The molecule has 1 aliphatic rings. The quantitative estimate of drug-likeness (QED) is 0.906. The van der Waals surface area contributed by atoms with Gasteiger partial charge in [-0.15, -0.1) is 0 Å². The summed E-state index contributed by atoms with van der Waals surface area (Å²) in [6.45, 7) is 4.12. The maximum Gasteiger partial charge on any atom is 0.260 e. The highest BCUT2D eigenvalue weighted by Crippen LogP contribution is 2.25. The largest absolute Gasteiger partial charge is 0.497 e. The molecule has 1 saturated heterocycles. The fourth-order valence-electron chi connectivity index (χ4n) is 3.08. The Labute approximate surface area is 151 Å². The number of carbonyl (C=O) groups excluding carboxylic acids is 2. The average Bonchev–Trinajstić information content (AvgIpc) is 2.63. The number of amides is 2. The Bertz CT molecular complexity index is 906. The van der Waals surface area contributed by atoms with Gasteiger partial charge in [0.1, 0.15) is 17.4 Å². The molecule has 1 N–H and O–H groups in total. The average molecular weight is 355 g/mol. The summed E-state index contributed by atoms with van der Waals surface area (Å²) in [5.41, 5.74) is 1.01. The smallest absolute Gasteiger partial charge is 0.260 e. The molecule has 0 saturated carbocycles. The van der Waals surface area contributed by atoms with E-state index in [1.807, 2.05) is 12.1 Å². The van der Waals surface area contributed by atoms with Crippen LogP contribution in [-0.2, 0) is 4.79 Å². The van der Waals surface area contributed by atoms with Gasteiger partial charge < -0.3 is 19.5 Å². The Hall–Kier alpha value is -3.09. The van der Waals surface area contributed by atoms with Crippen LogP contribution in [0.2, 0.25) is 0 Å². The first-order valence-corrected chi connectivity index (χ1v) is 8.38. The molecule has 2 aromatic rings. The van der Waals surface area contributed by atoms with E-state index in [1.165, 1.54) is 11.0 Å². The minimum atomic E-state index is -0.664. The molecule has 1 fully saturated rings. The lowest BCUT2D eigenvalue weighted by Gasteiger charge is -2.39. The summed E-state index contributed by atoms with van der Waals surface area (Å²) < 4.78 is 5.21.